The highest BCUT2D eigenvalue weighted by atomic mass is 19.4. The van der Waals surface area contributed by atoms with Gasteiger partial charge in [-0.15, -0.1) is 0 Å². The van der Waals surface area contributed by atoms with Crippen molar-refractivity contribution >= 4 is 11.8 Å². The van der Waals surface area contributed by atoms with Gasteiger partial charge >= 0.3 is 12.1 Å². The SMILES string of the molecule is CCOC(=O)C[C@H](CC(=O)C(CC(C)C)n1cc(CCN(C)C)c(C(F)(F)F)cc1=O)c1c(F)c(C)cc(-c2c(C)cc(C)cc2F)c1F. The van der Waals surface area contributed by atoms with Gasteiger partial charge in [0.1, 0.15) is 17.5 Å². The maximum Gasteiger partial charge on any atom is 0.416 e. The fraction of sp³-hybridized carbons (Fsp3) is 0.486. The number of ether oxygens (including phenoxy) is 1. The quantitative estimate of drug-likeness (QED) is 0.126. The molecule has 0 saturated heterocycles. The first kappa shape index (κ1) is 39.5. The van der Waals surface area contributed by atoms with Crippen LogP contribution in [0.4, 0.5) is 26.3 Å². The van der Waals surface area contributed by atoms with Gasteiger partial charge in [0.25, 0.3) is 5.56 Å². The fourth-order valence-electron chi connectivity index (χ4n) is 6.16. The molecule has 1 heterocycles. The summed E-state index contributed by atoms with van der Waals surface area (Å²) < 4.78 is 95.6. The Balaban J connectivity index is 2.23. The third kappa shape index (κ3) is 9.61. The average Bonchev–Trinajstić information content (AvgIpc) is 2.96. The second-order valence-electron chi connectivity index (χ2n) is 13.3. The van der Waals surface area contributed by atoms with Crippen molar-refractivity contribution in [2.45, 2.75) is 85.4 Å². The predicted molar refractivity (Wildman–Crippen MR) is 176 cm³/mol. The summed E-state index contributed by atoms with van der Waals surface area (Å²) in [5.74, 6) is -6.19. The molecule has 1 unspecified atom stereocenters. The van der Waals surface area contributed by atoms with Crippen LogP contribution in [0.5, 0.6) is 0 Å². The van der Waals surface area contributed by atoms with Crippen LogP contribution in [-0.4, -0.2) is 48.5 Å². The molecule has 0 aliphatic carbocycles. The van der Waals surface area contributed by atoms with E-state index in [1.807, 2.05) is 0 Å². The number of ketones is 1. The van der Waals surface area contributed by atoms with Crippen molar-refractivity contribution in [1.82, 2.24) is 9.47 Å². The van der Waals surface area contributed by atoms with Gasteiger partial charge in [-0.1, -0.05) is 19.9 Å². The minimum Gasteiger partial charge on any atom is -0.466 e. The van der Waals surface area contributed by atoms with Gasteiger partial charge in [0.15, 0.2) is 5.78 Å². The van der Waals surface area contributed by atoms with Crippen molar-refractivity contribution in [3.63, 3.8) is 0 Å². The standard InChI is InChI=1S/C37H44F6N2O4/c1-9-49-32(48)17-25(34-35(39)23(6)15-26(36(34)40)33-22(5)13-21(4)14-28(33)38)16-30(46)29(12-20(2)3)45-19-24(10-11-44(7)8)27(18-31(45)47)37(41,42)43/h13-15,18-20,25,29H,9-12,16-17H2,1-8H3/t25-,29?/m0/s1. The Kier molecular flexibility index (Phi) is 13.0. The minimum absolute atomic E-state index is 0.0150. The minimum atomic E-state index is -4.82. The Hall–Kier alpha value is -3.93. The number of carbonyl (C=O) groups is 2. The number of benzene rings is 2. The van der Waals surface area contributed by atoms with E-state index in [4.69, 9.17) is 4.74 Å². The Morgan fingerprint density at radius 1 is 0.939 bits per heavy atom. The number of alkyl halides is 3. The normalized spacial score (nSPS) is 13.2. The summed E-state index contributed by atoms with van der Waals surface area (Å²) >= 11 is 0. The van der Waals surface area contributed by atoms with Crippen LogP contribution < -0.4 is 5.56 Å². The summed E-state index contributed by atoms with van der Waals surface area (Å²) in [5.41, 5.74) is -2.44. The van der Waals surface area contributed by atoms with Crippen LogP contribution in [0.15, 0.2) is 35.3 Å². The number of nitrogens with zero attached hydrogens (tertiary/aromatic N) is 2. The van der Waals surface area contributed by atoms with E-state index in [0.717, 1.165) is 16.8 Å². The molecule has 2 aromatic carbocycles. The Labute approximate surface area is 283 Å². The first-order valence-corrected chi connectivity index (χ1v) is 16.2. The lowest BCUT2D eigenvalue weighted by atomic mass is 9.83. The first-order chi connectivity index (χ1) is 22.8. The van der Waals surface area contributed by atoms with Crippen molar-refractivity contribution in [3.8, 4) is 11.1 Å². The Morgan fingerprint density at radius 2 is 1.59 bits per heavy atom. The third-order valence-corrected chi connectivity index (χ3v) is 8.39. The van der Waals surface area contributed by atoms with Gasteiger partial charge in [0.05, 0.1) is 24.6 Å². The van der Waals surface area contributed by atoms with Crippen molar-refractivity contribution in [2.75, 3.05) is 27.2 Å². The molecule has 12 heteroatoms. The molecule has 6 nitrogen and oxygen atoms in total. The lowest BCUT2D eigenvalue weighted by Gasteiger charge is -2.26. The number of halogens is 6. The molecular weight excluding hydrogens is 650 g/mol. The topological polar surface area (TPSA) is 68.6 Å². The van der Waals surface area contributed by atoms with Gasteiger partial charge in [-0.2, -0.15) is 13.2 Å². The van der Waals surface area contributed by atoms with Crippen LogP contribution in [0.3, 0.4) is 0 Å². The molecule has 3 rings (SSSR count). The van der Waals surface area contributed by atoms with Crippen LogP contribution in [0.2, 0.25) is 0 Å². The maximum atomic E-state index is 16.5. The second kappa shape index (κ2) is 16.2. The van der Waals surface area contributed by atoms with Gasteiger partial charge in [-0.05, 0) is 94.9 Å². The number of carbonyl (C=O) groups excluding carboxylic acids is 2. The molecule has 2 atom stereocenters. The summed E-state index contributed by atoms with van der Waals surface area (Å²) in [5, 5.41) is 0. The molecule has 0 aliphatic heterocycles. The van der Waals surface area contributed by atoms with E-state index in [-0.39, 0.29) is 54.2 Å². The Bertz CT molecular complexity index is 1720. The van der Waals surface area contributed by atoms with Crippen molar-refractivity contribution in [2.24, 2.45) is 5.92 Å². The lowest BCUT2D eigenvalue weighted by Crippen LogP contribution is -2.33. The van der Waals surface area contributed by atoms with Crippen LogP contribution in [0.1, 0.15) is 85.4 Å². The number of likely N-dealkylation sites (N-methyl/N-ethyl adjacent to an activating group) is 1. The van der Waals surface area contributed by atoms with E-state index in [1.54, 1.807) is 52.8 Å². The highest BCUT2D eigenvalue weighted by Crippen LogP contribution is 2.40. The average molecular weight is 695 g/mol. The summed E-state index contributed by atoms with van der Waals surface area (Å²) in [6.45, 7) is 9.81. The van der Waals surface area contributed by atoms with E-state index >= 15 is 13.2 Å². The molecule has 0 N–H and O–H groups in total. The number of aromatic nitrogens is 1. The highest BCUT2D eigenvalue weighted by molar-refractivity contribution is 5.84. The molecule has 49 heavy (non-hydrogen) atoms. The lowest BCUT2D eigenvalue weighted by molar-refractivity contribution is -0.143. The zero-order valence-electron chi connectivity index (χ0n) is 29.2. The second-order valence-corrected chi connectivity index (χ2v) is 13.3. The predicted octanol–water partition coefficient (Wildman–Crippen LogP) is 8.26. The number of hydrogen-bond donors (Lipinski definition) is 0. The molecule has 3 aromatic rings. The van der Waals surface area contributed by atoms with Crippen LogP contribution >= 0.6 is 0 Å². The van der Waals surface area contributed by atoms with Crippen LogP contribution in [0.25, 0.3) is 11.1 Å². The monoisotopic (exact) mass is 694 g/mol. The van der Waals surface area contributed by atoms with Crippen LogP contribution in [0, 0.1) is 44.1 Å². The molecule has 0 saturated carbocycles. The van der Waals surface area contributed by atoms with Gasteiger partial charge in [0, 0.05) is 47.8 Å². The number of Topliss-reactive ketones (excluding diaryl/α,β-unsaturated/α-hetero) is 1. The summed E-state index contributed by atoms with van der Waals surface area (Å²) in [7, 11) is 3.36. The van der Waals surface area contributed by atoms with Gasteiger partial charge < -0.3 is 14.2 Å². The highest BCUT2D eigenvalue weighted by Gasteiger charge is 2.37. The third-order valence-electron chi connectivity index (χ3n) is 8.39. The van der Waals surface area contributed by atoms with Crippen LogP contribution in [-0.2, 0) is 26.9 Å². The van der Waals surface area contributed by atoms with Gasteiger partial charge in [0.2, 0.25) is 0 Å². The smallest absolute Gasteiger partial charge is 0.416 e. The first-order valence-electron chi connectivity index (χ1n) is 16.2. The van der Waals surface area contributed by atoms with Crippen molar-refractivity contribution < 1.29 is 40.7 Å². The summed E-state index contributed by atoms with van der Waals surface area (Å²) in [6, 6.07) is 3.17. The van der Waals surface area contributed by atoms with Gasteiger partial charge in [-0.25, -0.2) is 13.2 Å². The molecule has 0 amide bonds. The molecule has 0 spiro atoms. The molecule has 1 aromatic heterocycles. The van der Waals surface area contributed by atoms with E-state index in [1.165, 1.54) is 19.9 Å². The van der Waals surface area contributed by atoms with E-state index in [9.17, 15) is 27.6 Å². The fourth-order valence-corrected chi connectivity index (χ4v) is 6.16. The van der Waals surface area contributed by atoms with Crippen molar-refractivity contribution in [3.05, 3.63) is 91.6 Å². The molecule has 0 fully saturated rings. The number of hydrogen-bond acceptors (Lipinski definition) is 5. The number of pyridine rings is 1. The molecule has 268 valence electrons. The van der Waals surface area contributed by atoms with E-state index in [0.29, 0.717) is 17.2 Å². The Morgan fingerprint density at radius 3 is 2.14 bits per heavy atom. The summed E-state index contributed by atoms with van der Waals surface area (Å²) in [6.07, 6.45) is -5.14. The number of rotatable bonds is 14. The maximum absolute atomic E-state index is 16.5. The van der Waals surface area contributed by atoms with E-state index in [2.05, 4.69) is 0 Å². The molecule has 0 bridgehead atoms. The molecule has 0 radical (unpaired) electrons. The largest absolute Gasteiger partial charge is 0.466 e. The zero-order chi connectivity index (χ0) is 37.0. The zero-order valence-corrected chi connectivity index (χ0v) is 29.2. The number of esters is 1. The molecule has 0 aliphatic rings. The van der Waals surface area contributed by atoms with E-state index < -0.39 is 76.9 Å². The van der Waals surface area contributed by atoms with Crippen molar-refractivity contribution in [1.29, 1.82) is 0 Å². The van der Waals surface area contributed by atoms with Gasteiger partial charge in [-0.3, -0.25) is 14.4 Å². The molecular formula is C37H44F6N2O4. The number of aryl methyl sites for hydroxylation is 3. The summed E-state index contributed by atoms with van der Waals surface area (Å²) in [4.78, 5) is 41.9.